The number of amides is 1. The first-order valence-electron chi connectivity index (χ1n) is 6.03. The number of halogens is 2. The summed E-state index contributed by atoms with van der Waals surface area (Å²) in [5.74, 6) is -2.95. The van der Waals surface area contributed by atoms with Crippen molar-refractivity contribution in [2.24, 2.45) is 0 Å². The second-order valence-corrected chi connectivity index (χ2v) is 5.53. The van der Waals surface area contributed by atoms with E-state index in [9.17, 15) is 18.4 Å². The quantitative estimate of drug-likeness (QED) is 0.582. The van der Waals surface area contributed by atoms with Crippen molar-refractivity contribution in [1.82, 2.24) is 4.90 Å². The zero-order valence-corrected chi connectivity index (χ0v) is 11.3. The maximum atomic E-state index is 13.4. The van der Waals surface area contributed by atoms with Crippen LogP contribution < -0.4 is 0 Å². The van der Waals surface area contributed by atoms with Crippen molar-refractivity contribution in [3.8, 4) is 0 Å². The number of rotatable bonds is 4. The van der Waals surface area contributed by atoms with Crippen molar-refractivity contribution in [2.45, 2.75) is 44.8 Å². The minimum Gasteiger partial charge on any atom is -0.444 e. The van der Waals surface area contributed by atoms with Crippen molar-refractivity contribution in [1.29, 1.82) is 0 Å². The summed E-state index contributed by atoms with van der Waals surface area (Å²) >= 11 is 0. The number of carbonyl (C=O) groups is 2. The summed E-state index contributed by atoms with van der Waals surface area (Å²) in [7, 11) is 0. The Balaban J connectivity index is 2.66. The van der Waals surface area contributed by atoms with Crippen molar-refractivity contribution < 1.29 is 27.8 Å². The third-order valence-corrected chi connectivity index (χ3v) is 2.50. The highest BCUT2D eigenvalue weighted by atomic mass is 19.3. The van der Waals surface area contributed by atoms with Crippen LogP contribution in [0.4, 0.5) is 13.6 Å². The number of nitrogens with zero attached hydrogens (tertiary/aromatic N) is 1. The molecule has 7 heteroatoms. The molecule has 0 radical (unpaired) electrons. The van der Waals surface area contributed by atoms with Gasteiger partial charge in [-0.15, -0.1) is 0 Å². The van der Waals surface area contributed by atoms with Gasteiger partial charge >= 0.3 is 6.09 Å². The Labute approximate surface area is 110 Å². The van der Waals surface area contributed by atoms with Crippen LogP contribution in [-0.4, -0.2) is 54.6 Å². The largest absolute Gasteiger partial charge is 0.444 e. The average molecular weight is 279 g/mol. The zero-order valence-electron chi connectivity index (χ0n) is 11.3. The number of aldehydes is 1. The summed E-state index contributed by atoms with van der Waals surface area (Å²) < 4.78 is 36.7. The molecule has 1 heterocycles. The smallest absolute Gasteiger partial charge is 0.410 e. The average Bonchev–Trinajstić information content (AvgIpc) is 2.52. The molecule has 1 atom stereocenters. The fourth-order valence-corrected chi connectivity index (χ4v) is 1.83. The molecular weight excluding hydrogens is 260 g/mol. The Morgan fingerprint density at radius 3 is 2.63 bits per heavy atom. The van der Waals surface area contributed by atoms with Crippen LogP contribution in [0.1, 0.15) is 27.2 Å². The summed E-state index contributed by atoms with van der Waals surface area (Å²) in [6, 6.07) is -0.773. The topological polar surface area (TPSA) is 55.8 Å². The highest BCUT2D eigenvalue weighted by molar-refractivity contribution is 5.69. The third-order valence-electron chi connectivity index (χ3n) is 2.50. The van der Waals surface area contributed by atoms with Gasteiger partial charge in [-0.3, -0.25) is 4.90 Å². The van der Waals surface area contributed by atoms with E-state index in [0.717, 1.165) is 4.90 Å². The lowest BCUT2D eigenvalue weighted by atomic mass is 10.2. The Morgan fingerprint density at radius 1 is 1.47 bits per heavy atom. The van der Waals surface area contributed by atoms with E-state index in [0.29, 0.717) is 6.29 Å². The van der Waals surface area contributed by atoms with Crippen molar-refractivity contribution in [3.05, 3.63) is 0 Å². The van der Waals surface area contributed by atoms with Gasteiger partial charge in [0.25, 0.3) is 5.92 Å². The first-order valence-corrected chi connectivity index (χ1v) is 6.03. The fourth-order valence-electron chi connectivity index (χ4n) is 1.83. The Morgan fingerprint density at radius 2 is 2.11 bits per heavy atom. The van der Waals surface area contributed by atoms with E-state index < -0.39 is 36.6 Å². The second kappa shape index (κ2) is 5.81. The molecule has 1 aliphatic rings. The maximum Gasteiger partial charge on any atom is 0.410 e. The van der Waals surface area contributed by atoms with Gasteiger partial charge < -0.3 is 14.3 Å². The Bertz CT molecular complexity index is 341. The SMILES string of the molecule is CC(C)(C)OC(=O)N1CC(F)(F)CC1COCC=O. The lowest BCUT2D eigenvalue weighted by Gasteiger charge is -2.27. The monoisotopic (exact) mass is 279 g/mol. The van der Waals surface area contributed by atoms with Crippen LogP contribution in [0, 0.1) is 0 Å². The lowest BCUT2D eigenvalue weighted by molar-refractivity contribution is -0.112. The number of likely N-dealkylation sites (tertiary alicyclic amines) is 1. The van der Waals surface area contributed by atoms with Gasteiger partial charge in [0.15, 0.2) is 0 Å². The number of hydrogen-bond acceptors (Lipinski definition) is 4. The number of hydrogen-bond donors (Lipinski definition) is 0. The molecule has 1 saturated heterocycles. The standard InChI is InChI=1S/C12H19F2NO4/c1-11(2,3)19-10(17)15-8-12(13,14)6-9(15)7-18-5-4-16/h4,9H,5-8H2,1-3H3. The van der Waals surface area contributed by atoms with Crippen LogP contribution in [0.25, 0.3) is 0 Å². The van der Waals surface area contributed by atoms with Gasteiger partial charge in [-0.05, 0) is 20.8 Å². The highest BCUT2D eigenvalue weighted by Crippen LogP contribution is 2.33. The Kier molecular flexibility index (Phi) is 4.84. The summed E-state index contributed by atoms with van der Waals surface area (Å²) in [4.78, 5) is 22.9. The van der Waals surface area contributed by atoms with Gasteiger partial charge in [0.1, 0.15) is 18.5 Å². The molecule has 0 saturated carbocycles. The van der Waals surface area contributed by atoms with Gasteiger partial charge in [0, 0.05) is 6.42 Å². The molecule has 0 aromatic rings. The molecule has 1 fully saturated rings. The van der Waals surface area contributed by atoms with E-state index >= 15 is 0 Å². The molecule has 0 bridgehead atoms. The van der Waals surface area contributed by atoms with Gasteiger partial charge in [0.2, 0.25) is 0 Å². The molecule has 0 N–H and O–H groups in total. The molecule has 19 heavy (non-hydrogen) atoms. The summed E-state index contributed by atoms with van der Waals surface area (Å²) in [5.41, 5.74) is -0.747. The minimum absolute atomic E-state index is 0.104. The molecule has 0 aromatic carbocycles. The molecule has 1 amide bonds. The molecular formula is C12H19F2NO4. The molecule has 0 aliphatic carbocycles. The molecule has 1 unspecified atom stereocenters. The van der Waals surface area contributed by atoms with Crippen LogP contribution in [0.15, 0.2) is 0 Å². The predicted molar refractivity (Wildman–Crippen MR) is 63.2 cm³/mol. The maximum absolute atomic E-state index is 13.4. The second-order valence-electron chi connectivity index (χ2n) is 5.53. The molecule has 110 valence electrons. The summed E-state index contributed by atoms with van der Waals surface area (Å²) in [5, 5.41) is 0. The van der Waals surface area contributed by atoms with Crippen LogP contribution in [0.2, 0.25) is 0 Å². The van der Waals surface area contributed by atoms with E-state index in [2.05, 4.69) is 0 Å². The van der Waals surface area contributed by atoms with Crippen molar-refractivity contribution >= 4 is 12.4 Å². The van der Waals surface area contributed by atoms with Crippen molar-refractivity contribution in [3.63, 3.8) is 0 Å². The minimum atomic E-state index is -2.95. The van der Waals surface area contributed by atoms with E-state index in [-0.39, 0.29) is 13.2 Å². The van der Waals surface area contributed by atoms with E-state index in [1.165, 1.54) is 0 Å². The van der Waals surface area contributed by atoms with Crippen molar-refractivity contribution in [2.75, 3.05) is 19.8 Å². The zero-order chi connectivity index (χ0) is 14.7. The Hall–Kier alpha value is -1.24. The van der Waals surface area contributed by atoms with Crippen LogP contribution >= 0.6 is 0 Å². The first-order chi connectivity index (χ1) is 8.64. The molecule has 0 spiro atoms. The molecule has 5 nitrogen and oxygen atoms in total. The lowest BCUT2D eigenvalue weighted by Crippen LogP contribution is -2.42. The number of carbonyl (C=O) groups excluding carboxylic acids is 2. The van der Waals surface area contributed by atoms with E-state index in [1.54, 1.807) is 20.8 Å². The first kappa shape index (κ1) is 15.8. The third kappa shape index (κ3) is 5.10. The molecule has 0 aromatic heterocycles. The van der Waals surface area contributed by atoms with Crippen LogP contribution in [0.3, 0.4) is 0 Å². The highest BCUT2D eigenvalue weighted by Gasteiger charge is 2.48. The molecule has 1 rings (SSSR count). The van der Waals surface area contributed by atoms with Gasteiger partial charge in [0.05, 0.1) is 19.2 Å². The van der Waals surface area contributed by atoms with Gasteiger partial charge in [-0.2, -0.15) is 0 Å². The van der Waals surface area contributed by atoms with Crippen LogP contribution in [0.5, 0.6) is 0 Å². The predicted octanol–water partition coefficient (Wildman–Crippen LogP) is 1.85. The number of ether oxygens (including phenoxy) is 2. The normalized spacial score (nSPS) is 22.4. The van der Waals surface area contributed by atoms with Gasteiger partial charge in [-0.25, -0.2) is 13.6 Å². The van der Waals surface area contributed by atoms with Gasteiger partial charge in [-0.1, -0.05) is 0 Å². The summed E-state index contributed by atoms with van der Waals surface area (Å²) in [6.07, 6.45) is -0.736. The fraction of sp³-hybridized carbons (Fsp3) is 0.833. The van der Waals surface area contributed by atoms with E-state index in [1.807, 2.05) is 0 Å². The summed E-state index contributed by atoms with van der Waals surface area (Å²) in [6.45, 7) is 4.03. The molecule has 1 aliphatic heterocycles. The number of alkyl halides is 2. The van der Waals surface area contributed by atoms with E-state index in [4.69, 9.17) is 9.47 Å². The van der Waals surface area contributed by atoms with Crippen LogP contribution in [-0.2, 0) is 14.3 Å².